The summed E-state index contributed by atoms with van der Waals surface area (Å²) in [7, 11) is -2.03. The number of nitrogens with one attached hydrogen (secondary N) is 1. The van der Waals surface area contributed by atoms with Crippen LogP contribution < -0.4 is 4.72 Å². The molecule has 2 aromatic rings. The Morgan fingerprint density at radius 3 is 3.05 bits per heavy atom. The van der Waals surface area contributed by atoms with E-state index in [1.54, 1.807) is 25.3 Å². The van der Waals surface area contributed by atoms with Crippen molar-refractivity contribution in [1.82, 2.24) is 9.71 Å². The number of nitrogens with zero attached hydrogens (tertiary/aromatic N) is 1. The number of thiazole rings is 1. The van der Waals surface area contributed by atoms with E-state index in [2.05, 4.69) is 9.71 Å². The topological polar surface area (TPSA) is 77.5 Å². The average molecular weight is 342 g/mol. The summed E-state index contributed by atoms with van der Waals surface area (Å²) in [5, 5.41) is 0.914. The molecule has 1 aliphatic heterocycles. The van der Waals surface area contributed by atoms with Crippen molar-refractivity contribution in [3.8, 4) is 0 Å². The Kier molecular flexibility index (Phi) is 4.47. The third-order valence-electron chi connectivity index (χ3n) is 3.68. The van der Waals surface area contributed by atoms with E-state index in [0.29, 0.717) is 19.6 Å². The van der Waals surface area contributed by atoms with Crippen LogP contribution in [0, 0.1) is 6.92 Å². The average Bonchev–Trinajstić information content (AvgIpc) is 2.86. The van der Waals surface area contributed by atoms with Crippen molar-refractivity contribution in [2.75, 3.05) is 20.3 Å². The fourth-order valence-corrected chi connectivity index (χ4v) is 4.78. The number of aryl methyl sites for hydroxylation is 1. The number of benzene rings is 1. The molecule has 6 nitrogen and oxygen atoms in total. The fourth-order valence-electron chi connectivity index (χ4n) is 2.56. The summed E-state index contributed by atoms with van der Waals surface area (Å²) in [6.07, 6.45) is 0.509. The van der Waals surface area contributed by atoms with Crippen molar-refractivity contribution in [2.45, 2.75) is 30.4 Å². The van der Waals surface area contributed by atoms with Crippen molar-refractivity contribution in [3.05, 3.63) is 23.2 Å². The highest BCUT2D eigenvalue weighted by Gasteiger charge is 2.30. The van der Waals surface area contributed by atoms with Gasteiger partial charge in [-0.3, -0.25) is 0 Å². The van der Waals surface area contributed by atoms with Crippen LogP contribution in [0.4, 0.5) is 0 Å². The largest absolute Gasteiger partial charge is 0.380 e. The molecule has 22 heavy (non-hydrogen) atoms. The van der Waals surface area contributed by atoms with Gasteiger partial charge in [-0.25, -0.2) is 18.1 Å². The maximum Gasteiger partial charge on any atom is 0.241 e. The molecule has 0 amide bonds. The Morgan fingerprint density at radius 2 is 2.27 bits per heavy atom. The van der Waals surface area contributed by atoms with E-state index in [4.69, 9.17) is 9.47 Å². The van der Waals surface area contributed by atoms with Gasteiger partial charge in [0.15, 0.2) is 0 Å². The number of hydrogen-bond donors (Lipinski definition) is 1. The zero-order chi connectivity index (χ0) is 15.7. The molecule has 1 fully saturated rings. The summed E-state index contributed by atoms with van der Waals surface area (Å²) in [6.45, 7) is 2.81. The van der Waals surface area contributed by atoms with Gasteiger partial charge in [0.2, 0.25) is 10.0 Å². The van der Waals surface area contributed by atoms with Gasteiger partial charge in [-0.15, -0.1) is 11.3 Å². The molecule has 2 heterocycles. The van der Waals surface area contributed by atoms with Crippen LogP contribution in [0.2, 0.25) is 0 Å². The van der Waals surface area contributed by atoms with Crippen molar-refractivity contribution in [1.29, 1.82) is 0 Å². The highest BCUT2D eigenvalue weighted by Crippen LogP contribution is 2.25. The van der Waals surface area contributed by atoms with E-state index in [9.17, 15) is 8.42 Å². The van der Waals surface area contributed by atoms with E-state index in [0.717, 1.165) is 15.2 Å². The zero-order valence-electron chi connectivity index (χ0n) is 12.4. The molecule has 0 bridgehead atoms. The Balaban J connectivity index is 1.87. The molecule has 1 saturated heterocycles. The number of sulfonamides is 1. The standard InChI is InChI=1S/C14H18N2O4S2/c1-9-15-11-4-3-10(7-14(11)21-9)22(17,18)16-12-8-20-6-5-13(12)19-2/h3-4,7,12-13,16H,5-6,8H2,1-2H3/t12-,13-/m1/s1. The third kappa shape index (κ3) is 3.16. The van der Waals surface area contributed by atoms with Gasteiger partial charge < -0.3 is 9.47 Å². The van der Waals surface area contributed by atoms with Crippen molar-refractivity contribution < 1.29 is 17.9 Å². The minimum absolute atomic E-state index is 0.169. The first-order valence-corrected chi connectivity index (χ1v) is 9.29. The number of rotatable bonds is 4. The quantitative estimate of drug-likeness (QED) is 0.915. The van der Waals surface area contributed by atoms with E-state index in [1.165, 1.54) is 11.3 Å². The molecule has 1 aromatic heterocycles. The summed E-state index contributed by atoms with van der Waals surface area (Å²) in [5.74, 6) is 0. The number of aromatic nitrogens is 1. The second-order valence-corrected chi connectivity index (χ2v) is 8.18. The van der Waals surface area contributed by atoms with Crippen LogP contribution in [0.25, 0.3) is 10.2 Å². The maximum atomic E-state index is 12.6. The van der Waals surface area contributed by atoms with Gasteiger partial charge in [-0.05, 0) is 31.5 Å². The molecule has 1 N–H and O–H groups in total. The van der Waals surface area contributed by atoms with Gasteiger partial charge in [0.05, 0.1) is 38.9 Å². The van der Waals surface area contributed by atoms with E-state index in [1.807, 2.05) is 6.92 Å². The van der Waals surface area contributed by atoms with Crippen LogP contribution in [0.5, 0.6) is 0 Å². The monoisotopic (exact) mass is 342 g/mol. The number of fused-ring (bicyclic) bond motifs is 1. The zero-order valence-corrected chi connectivity index (χ0v) is 14.0. The Hall–Kier alpha value is -1.06. The predicted molar refractivity (Wildman–Crippen MR) is 84.7 cm³/mol. The Bertz CT molecular complexity index is 772. The second kappa shape index (κ2) is 6.21. The molecule has 2 atom stereocenters. The molecular formula is C14H18N2O4S2. The lowest BCUT2D eigenvalue weighted by molar-refractivity contribution is -0.0305. The first-order chi connectivity index (χ1) is 10.5. The molecule has 8 heteroatoms. The van der Waals surface area contributed by atoms with Gasteiger partial charge in [-0.2, -0.15) is 0 Å². The summed E-state index contributed by atoms with van der Waals surface area (Å²) in [5.41, 5.74) is 0.817. The maximum absolute atomic E-state index is 12.6. The van der Waals surface area contributed by atoms with E-state index in [-0.39, 0.29) is 17.0 Å². The molecule has 0 spiro atoms. The van der Waals surface area contributed by atoms with Crippen molar-refractivity contribution >= 4 is 31.6 Å². The van der Waals surface area contributed by atoms with Gasteiger partial charge in [0.25, 0.3) is 0 Å². The van der Waals surface area contributed by atoms with Crippen molar-refractivity contribution in [3.63, 3.8) is 0 Å². The lowest BCUT2D eigenvalue weighted by atomic mass is 10.1. The first kappa shape index (κ1) is 15.8. The third-order valence-corrected chi connectivity index (χ3v) is 6.10. The highest BCUT2D eigenvalue weighted by atomic mass is 32.2. The normalized spacial score (nSPS) is 23.0. The van der Waals surface area contributed by atoms with Crippen LogP contribution >= 0.6 is 11.3 Å². The minimum atomic E-state index is -3.62. The van der Waals surface area contributed by atoms with Gasteiger partial charge in [0.1, 0.15) is 0 Å². The molecule has 1 aliphatic rings. The Labute approximate surface area is 133 Å². The number of ether oxygens (including phenoxy) is 2. The second-order valence-electron chi connectivity index (χ2n) is 5.23. The number of methoxy groups -OCH3 is 1. The predicted octanol–water partition coefficient (Wildman–Crippen LogP) is 1.69. The van der Waals surface area contributed by atoms with Crippen LogP contribution in [0.15, 0.2) is 23.1 Å². The summed E-state index contributed by atoms with van der Waals surface area (Å²) in [4.78, 5) is 4.58. The molecule has 120 valence electrons. The molecular weight excluding hydrogens is 324 g/mol. The lowest BCUT2D eigenvalue weighted by Crippen LogP contribution is -2.50. The van der Waals surface area contributed by atoms with Gasteiger partial charge in [0, 0.05) is 13.7 Å². The van der Waals surface area contributed by atoms with Crippen LogP contribution in [-0.4, -0.2) is 45.9 Å². The number of hydrogen-bond acceptors (Lipinski definition) is 6. The fraction of sp³-hybridized carbons (Fsp3) is 0.500. The minimum Gasteiger partial charge on any atom is -0.380 e. The molecule has 3 rings (SSSR count). The highest BCUT2D eigenvalue weighted by molar-refractivity contribution is 7.89. The SMILES string of the molecule is CO[C@@H]1CCOC[C@H]1NS(=O)(=O)c1ccc2nc(C)sc2c1. The summed E-state index contributed by atoms with van der Waals surface area (Å²) < 4.78 is 39.4. The lowest BCUT2D eigenvalue weighted by Gasteiger charge is -2.30. The van der Waals surface area contributed by atoms with Crippen LogP contribution in [0.1, 0.15) is 11.4 Å². The van der Waals surface area contributed by atoms with Crippen LogP contribution in [-0.2, 0) is 19.5 Å². The summed E-state index contributed by atoms with van der Waals surface area (Å²) >= 11 is 1.48. The first-order valence-electron chi connectivity index (χ1n) is 6.99. The van der Waals surface area contributed by atoms with Crippen molar-refractivity contribution in [2.24, 2.45) is 0 Å². The van der Waals surface area contributed by atoms with E-state index >= 15 is 0 Å². The van der Waals surface area contributed by atoms with Gasteiger partial charge in [-0.1, -0.05) is 0 Å². The molecule has 0 radical (unpaired) electrons. The van der Waals surface area contributed by atoms with Gasteiger partial charge >= 0.3 is 0 Å². The molecule has 0 saturated carbocycles. The van der Waals surface area contributed by atoms with Crippen LogP contribution in [0.3, 0.4) is 0 Å². The molecule has 1 aromatic carbocycles. The Morgan fingerprint density at radius 1 is 1.45 bits per heavy atom. The molecule has 0 unspecified atom stereocenters. The smallest absolute Gasteiger partial charge is 0.241 e. The molecule has 0 aliphatic carbocycles. The summed E-state index contributed by atoms with van der Waals surface area (Å²) in [6, 6.07) is 4.60. The van der Waals surface area contributed by atoms with E-state index < -0.39 is 10.0 Å².